The SMILES string of the molecule is N#Cc1ccc(OC(F)(F)F)c(C(F)F)c1. The molecule has 0 saturated heterocycles. The van der Waals surface area contributed by atoms with Gasteiger partial charge in [0.05, 0.1) is 17.2 Å². The minimum absolute atomic E-state index is 0.162. The second-order valence-corrected chi connectivity index (χ2v) is 2.71. The fourth-order valence-corrected chi connectivity index (χ4v) is 1.01. The standard InChI is InChI=1S/C9H4F5NO/c10-8(11)6-3-5(4-15)1-2-7(6)16-9(12,13)14/h1-3,8H. The van der Waals surface area contributed by atoms with E-state index in [0.29, 0.717) is 12.1 Å². The van der Waals surface area contributed by atoms with Crippen molar-refractivity contribution in [3.63, 3.8) is 0 Å². The van der Waals surface area contributed by atoms with Crippen LogP contribution in [0, 0.1) is 11.3 Å². The average Bonchev–Trinajstić information content (AvgIpc) is 2.15. The maximum absolute atomic E-state index is 12.4. The van der Waals surface area contributed by atoms with Crippen LogP contribution in [0.5, 0.6) is 5.75 Å². The van der Waals surface area contributed by atoms with Crippen LogP contribution in [-0.2, 0) is 0 Å². The van der Waals surface area contributed by atoms with Gasteiger partial charge in [-0.1, -0.05) is 0 Å². The van der Waals surface area contributed by atoms with Crippen molar-refractivity contribution in [1.29, 1.82) is 5.26 Å². The lowest BCUT2D eigenvalue weighted by atomic mass is 10.1. The molecule has 0 heterocycles. The summed E-state index contributed by atoms with van der Waals surface area (Å²) in [5.41, 5.74) is -1.12. The third-order valence-corrected chi connectivity index (χ3v) is 1.60. The molecule has 1 aromatic rings. The van der Waals surface area contributed by atoms with E-state index in [9.17, 15) is 22.0 Å². The third kappa shape index (κ3) is 3.08. The van der Waals surface area contributed by atoms with Crippen LogP contribution in [0.3, 0.4) is 0 Å². The Balaban J connectivity index is 3.14. The van der Waals surface area contributed by atoms with Gasteiger partial charge in [0.25, 0.3) is 6.43 Å². The lowest BCUT2D eigenvalue weighted by molar-refractivity contribution is -0.275. The molecule has 0 aliphatic heterocycles. The van der Waals surface area contributed by atoms with Crippen LogP contribution >= 0.6 is 0 Å². The normalized spacial score (nSPS) is 11.3. The molecule has 0 amide bonds. The van der Waals surface area contributed by atoms with Crippen LogP contribution in [0.4, 0.5) is 22.0 Å². The van der Waals surface area contributed by atoms with E-state index in [1.165, 1.54) is 0 Å². The lowest BCUT2D eigenvalue weighted by Gasteiger charge is -2.12. The van der Waals surface area contributed by atoms with Gasteiger partial charge in [-0.3, -0.25) is 0 Å². The van der Waals surface area contributed by atoms with Gasteiger partial charge < -0.3 is 4.74 Å². The molecule has 1 rings (SSSR count). The highest BCUT2D eigenvalue weighted by Gasteiger charge is 2.33. The van der Waals surface area contributed by atoms with Gasteiger partial charge in [-0.05, 0) is 18.2 Å². The van der Waals surface area contributed by atoms with Crippen molar-refractivity contribution < 1.29 is 26.7 Å². The molecule has 0 unspecified atom stereocenters. The van der Waals surface area contributed by atoms with Crippen LogP contribution in [0.1, 0.15) is 17.6 Å². The molecule has 0 aliphatic rings. The lowest BCUT2D eigenvalue weighted by Crippen LogP contribution is -2.18. The monoisotopic (exact) mass is 237 g/mol. The van der Waals surface area contributed by atoms with Crippen LogP contribution in [-0.4, -0.2) is 6.36 Å². The minimum atomic E-state index is -5.04. The third-order valence-electron chi connectivity index (χ3n) is 1.60. The Hall–Kier alpha value is -1.84. The molecule has 0 radical (unpaired) electrons. The zero-order valence-corrected chi connectivity index (χ0v) is 7.55. The molecule has 0 aromatic heterocycles. The average molecular weight is 237 g/mol. The zero-order valence-electron chi connectivity index (χ0n) is 7.55. The fraction of sp³-hybridized carbons (Fsp3) is 0.222. The number of ether oxygens (including phenoxy) is 1. The number of halogens is 5. The minimum Gasteiger partial charge on any atom is -0.405 e. The fourth-order valence-electron chi connectivity index (χ4n) is 1.01. The Bertz CT molecular complexity index is 421. The Morgan fingerprint density at radius 3 is 2.31 bits per heavy atom. The highest BCUT2D eigenvalue weighted by Crippen LogP contribution is 2.33. The number of rotatable bonds is 2. The van der Waals surface area contributed by atoms with E-state index in [2.05, 4.69) is 4.74 Å². The second-order valence-electron chi connectivity index (χ2n) is 2.71. The van der Waals surface area contributed by atoms with E-state index in [1.807, 2.05) is 0 Å². The Morgan fingerprint density at radius 2 is 1.88 bits per heavy atom. The smallest absolute Gasteiger partial charge is 0.405 e. The first-order valence-corrected chi connectivity index (χ1v) is 3.91. The van der Waals surface area contributed by atoms with Gasteiger partial charge >= 0.3 is 6.36 Å². The molecule has 0 atom stereocenters. The van der Waals surface area contributed by atoms with Crippen molar-refractivity contribution in [2.45, 2.75) is 12.8 Å². The summed E-state index contributed by atoms with van der Waals surface area (Å²) in [7, 11) is 0. The second kappa shape index (κ2) is 4.35. The first kappa shape index (κ1) is 12.2. The number of alkyl halides is 5. The number of nitrogens with zero attached hydrogens (tertiary/aromatic N) is 1. The number of nitriles is 1. The summed E-state index contributed by atoms with van der Waals surface area (Å²) in [6.07, 6.45) is -8.19. The first-order valence-electron chi connectivity index (χ1n) is 3.91. The van der Waals surface area contributed by atoms with Gasteiger partial charge in [0.1, 0.15) is 5.75 Å². The topological polar surface area (TPSA) is 33.0 Å². The number of hydrogen-bond donors (Lipinski definition) is 0. The van der Waals surface area contributed by atoms with Crippen molar-refractivity contribution in [3.05, 3.63) is 29.3 Å². The summed E-state index contributed by atoms with van der Waals surface area (Å²) in [6.45, 7) is 0. The van der Waals surface area contributed by atoms with E-state index in [-0.39, 0.29) is 5.56 Å². The molecular formula is C9H4F5NO. The summed E-state index contributed by atoms with van der Waals surface area (Å²) in [6, 6.07) is 3.85. The number of benzene rings is 1. The van der Waals surface area contributed by atoms with Gasteiger partial charge in [0.2, 0.25) is 0 Å². The van der Waals surface area contributed by atoms with Crippen molar-refractivity contribution in [2.75, 3.05) is 0 Å². The summed E-state index contributed by atoms with van der Waals surface area (Å²) < 4.78 is 63.6. The van der Waals surface area contributed by atoms with E-state index in [1.54, 1.807) is 6.07 Å². The Labute approximate surface area is 86.9 Å². The van der Waals surface area contributed by atoms with Gasteiger partial charge in [-0.25, -0.2) is 8.78 Å². The van der Waals surface area contributed by atoms with Gasteiger partial charge in [0.15, 0.2) is 0 Å². The molecule has 2 nitrogen and oxygen atoms in total. The molecule has 86 valence electrons. The Morgan fingerprint density at radius 1 is 1.25 bits per heavy atom. The largest absolute Gasteiger partial charge is 0.573 e. The summed E-state index contributed by atoms with van der Waals surface area (Å²) >= 11 is 0. The summed E-state index contributed by atoms with van der Waals surface area (Å²) in [4.78, 5) is 0. The zero-order chi connectivity index (χ0) is 12.3. The van der Waals surface area contributed by atoms with Crippen LogP contribution in [0.2, 0.25) is 0 Å². The number of hydrogen-bond acceptors (Lipinski definition) is 2. The molecule has 0 aliphatic carbocycles. The van der Waals surface area contributed by atoms with Gasteiger partial charge in [-0.15, -0.1) is 13.2 Å². The van der Waals surface area contributed by atoms with Crippen molar-refractivity contribution in [2.24, 2.45) is 0 Å². The van der Waals surface area contributed by atoms with E-state index >= 15 is 0 Å². The predicted molar refractivity (Wildman–Crippen MR) is 42.8 cm³/mol. The molecule has 0 saturated carbocycles. The highest BCUT2D eigenvalue weighted by atomic mass is 19.4. The van der Waals surface area contributed by atoms with Crippen molar-refractivity contribution in [1.82, 2.24) is 0 Å². The van der Waals surface area contributed by atoms with E-state index in [4.69, 9.17) is 5.26 Å². The van der Waals surface area contributed by atoms with Crippen LogP contribution < -0.4 is 4.74 Å². The van der Waals surface area contributed by atoms with Crippen LogP contribution in [0.25, 0.3) is 0 Å². The molecular weight excluding hydrogens is 233 g/mol. The quantitative estimate of drug-likeness (QED) is 0.738. The maximum atomic E-state index is 12.4. The summed E-state index contributed by atoms with van der Waals surface area (Å²) in [5, 5.41) is 8.41. The molecule has 0 N–H and O–H groups in total. The van der Waals surface area contributed by atoms with Gasteiger partial charge in [0, 0.05) is 0 Å². The van der Waals surface area contributed by atoms with Crippen LogP contribution in [0.15, 0.2) is 18.2 Å². The van der Waals surface area contributed by atoms with Gasteiger partial charge in [-0.2, -0.15) is 5.26 Å². The van der Waals surface area contributed by atoms with Crippen molar-refractivity contribution in [3.8, 4) is 11.8 Å². The highest BCUT2D eigenvalue weighted by molar-refractivity contribution is 5.42. The molecule has 0 bridgehead atoms. The molecule has 16 heavy (non-hydrogen) atoms. The molecule has 0 fully saturated rings. The summed E-state index contributed by atoms with van der Waals surface area (Å²) in [5.74, 6) is -0.999. The predicted octanol–water partition coefficient (Wildman–Crippen LogP) is 3.39. The Kier molecular flexibility index (Phi) is 3.32. The van der Waals surface area contributed by atoms with E-state index < -0.39 is 24.1 Å². The maximum Gasteiger partial charge on any atom is 0.573 e. The molecule has 7 heteroatoms. The molecule has 0 spiro atoms. The van der Waals surface area contributed by atoms with Crippen molar-refractivity contribution >= 4 is 0 Å². The molecule has 1 aromatic carbocycles. The van der Waals surface area contributed by atoms with E-state index in [0.717, 1.165) is 6.07 Å². The first-order chi connectivity index (χ1) is 7.33.